The van der Waals surface area contributed by atoms with E-state index in [0.717, 1.165) is 33.1 Å². The number of nitrogens with one attached hydrogen (secondary N) is 2. The Hall–Kier alpha value is -3.47. The zero-order valence-electron chi connectivity index (χ0n) is 16.5. The van der Waals surface area contributed by atoms with Gasteiger partial charge in [0, 0.05) is 18.2 Å². The minimum Gasteiger partial charge on any atom is -0.353 e. The van der Waals surface area contributed by atoms with Gasteiger partial charge < -0.3 is 10.3 Å². The first-order chi connectivity index (χ1) is 14.0. The maximum Gasteiger partial charge on any atom is 0.225 e. The minimum atomic E-state index is -0.0497. The van der Waals surface area contributed by atoms with Crippen molar-refractivity contribution in [2.24, 2.45) is 5.92 Å². The molecule has 0 saturated heterocycles. The summed E-state index contributed by atoms with van der Waals surface area (Å²) in [4.78, 5) is 32.4. The highest BCUT2D eigenvalue weighted by molar-refractivity contribution is 6.04. The van der Waals surface area contributed by atoms with Gasteiger partial charge in [0.05, 0.1) is 16.7 Å². The number of benzene rings is 3. The fourth-order valence-electron chi connectivity index (χ4n) is 3.50. The molecule has 4 aromatic rings. The van der Waals surface area contributed by atoms with Gasteiger partial charge in [0.2, 0.25) is 5.91 Å². The molecule has 29 heavy (non-hydrogen) atoms. The van der Waals surface area contributed by atoms with Crippen molar-refractivity contribution in [2.45, 2.75) is 26.7 Å². The lowest BCUT2D eigenvalue weighted by molar-refractivity contribution is -0.116. The molecule has 3 aromatic carbocycles. The normalized spacial score (nSPS) is 11.3. The Balaban J connectivity index is 1.86. The van der Waals surface area contributed by atoms with E-state index in [1.807, 2.05) is 62.4 Å². The maximum atomic E-state index is 12.4. The summed E-state index contributed by atoms with van der Waals surface area (Å²) in [7, 11) is 0. The number of anilines is 1. The molecule has 0 bridgehead atoms. The van der Waals surface area contributed by atoms with Crippen LogP contribution in [0.15, 0.2) is 65.5 Å². The van der Waals surface area contributed by atoms with E-state index in [9.17, 15) is 9.59 Å². The Morgan fingerprint density at radius 1 is 1.07 bits per heavy atom. The molecule has 2 N–H and O–H groups in total. The number of rotatable bonds is 5. The van der Waals surface area contributed by atoms with Gasteiger partial charge in [0.25, 0.3) is 0 Å². The molecule has 0 fully saturated rings. The van der Waals surface area contributed by atoms with Crippen LogP contribution in [0.3, 0.4) is 0 Å². The van der Waals surface area contributed by atoms with Crippen molar-refractivity contribution in [3.8, 4) is 0 Å². The molecule has 146 valence electrons. The van der Waals surface area contributed by atoms with E-state index in [1.54, 1.807) is 12.1 Å². The average Bonchev–Trinajstić information content (AvgIpc) is 2.68. The van der Waals surface area contributed by atoms with Gasteiger partial charge in [-0.15, -0.1) is 0 Å². The number of nitrogens with zero attached hydrogens (tertiary/aromatic N) is 1. The van der Waals surface area contributed by atoms with Gasteiger partial charge >= 0.3 is 0 Å². The van der Waals surface area contributed by atoms with Crippen molar-refractivity contribution in [1.82, 2.24) is 9.97 Å². The molecular weight excluding hydrogens is 362 g/mol. The van der Waals surface area contributed by atoms with Gasteiger partial charge in [-0.3, -0.25) is 9.59 Å². The third kappa shape index (κ3) is 4.19. The Kier molecular flexibility index (Phi) is 5.12. The van der Waals surface area contributed by atoms with Gasteiger partial charge in [0.1, 0.15) is 0 Å². The standard InChI is InChI=1S/C24H23N3O2/c1-15(2)12-22(29)27-24-21(13-16-6-4-3-5-7-16)25-23-19-10-9-18(28)14-17(19)8-11-20(23)26-24/h3-11,14-15,25H,12-13H2,1-2H3,(H,27,29). The lowest BCUT2D eigenvalue weighted by Crippen LogP contribution is -2.17. The smallest absolute Gasteiger partial charge is 0.225 e. The zero-order chi connectivity index (χ0) is 20.4. The number of fused-ring (bicyclic) bond motifs is 3. The van der Waals surface area contributed by atoms with E-state index in [0.29, 0.717) is 18.7 Å². The van der Waals surface area contributed by atoms with Crippen LogP contribution < -0.4 is 10.7 Å². The van der Waals surface area contributed by atoms with E-state index in [-0.39, 0.29) is 17.3 Å². The van der Waals surface area contributed by atoms with Crippen LogP contribution in [-0.2, 0) is 11.2 Å². The van der Waals surface area contributed by atoms with Gasteiger partial charge in [-0.25, -0.2) is 4.98 Å². The van der Waals surface area contributed by atoms with Gasteiger partial charge in [0.15, 0.2) is 11.2 Å². The van der Waals surface area contributed by atoms with Crippen molar-refractivity contribution in [1.29, 1.82) is 0 Å². The second-order valence-electron chi connectivity index (χ2n) is 7.72. The molecule has 1 heterocycles. The second kappa shape index (κ2) is 7.87. The van der Waals surface area contributed by atoms with Crippen LogP contribution in [0.5, 0.6) is 0 Å². The molecule has 5 nitrogen and oxygen atoms in total. The van der Waals surface area contributed by atoms with Crippen molar-refractivity contribution in [2.75, 3.05) is 5.32 Å². The Morgan fingerprint density at radius 3 is 2.62 bits per heavy atom. The number of carbonyl (C=O) groups excluding carboxylic acids is 1. The molecule has 4 rings (SSSR count). The van der Waals surface area contributed by atoms with Crippen LogP contribution in [0.2, 0.25) is 0 Å². The third-order valence-electron chi connectivity index (χ3n) is 4.84. The maximum absolute atomic E-state index is 12.4. The summed E-state index contributed by atoms with van der Waals surface area (Å²) < 4.78 is 0. The first-order valence-electron chi connectivity index (χ1n) is 9.79. The highest BCUT2D eigenvalue weighted by Crippen LogP contribution is 2.26. The number of aromatic amines is 1. The summed E-state index contributed by atoms with van der Waals surface area (Å²) in [5.41, 5.74) is 3.53. The third-order valence-corrected chi connectivity index (χ3v) is 4.84. The fraction of sp³-hybridized carbons (Fsp3) is 0.208. The number of amides is 1. The topological polar surface area (TPSA) is 74.8 Å². The van der Waals surface area contributed by atoms with Crippen LogP contribution >= 0.6 is 0 Å². The summed E-state index contributed by atoms with van der Waals surface area (Å²) in [6, 6.07) is 18.8. The summed E-state index contributed by atoms with van der Waals surface area (Å²) in [5, 5.41) is 4.78. The van der Waals surface area contributed by atoms with E-state index in [1.165, 1.54) is 0 Å². The van der Waals surface area contributed by atoms with Crippen molar-refractivity contribution in [3.05, 3.63) is 82.1 Å². The molecule has 0 spiro atoms. The second-order valence-corrected chi connectivity index (χ2v) is 7.72. The predicted molar refractivity (Wildman–Crippen MR) is 117 cm³/mol. The molecular formula is C24H23N3O2. The number of hydrogen-bond donors (Lipinski definition) is 2. The summed E-state index contributed by atoms with van der Waals surface area (Å²) in [6.07, 6.45) is 1.05. The SMILES string of the molecule is CC(C)CC(=O)Nc1nc2ccc3cc(=O)ccc3c2[nH]c1Cc1ccccc1. The molecule has 1 amide bonds. The van der Waals surface area contributed by atoms with E-state index < -0.39 is 0 Å². The molecule has 5 heteroatoms. The highest BCUT2D eigenvalue weighted by atomic mass is 16.1. The summed E-state index contributed by atoms with van der Waals surface area (Å²) in [6.45, 7) is 4.03. The van der Waals surface area contributed by atoms with Crippen LogP contribution in [0.1, 0.15) is 31.5 Å². The zero-order valence-corrected chi connectivity index (χ0v) is 16.5. The molecule has 1 aromatic heterocycles. The number of carbonyl (C=O) groups is 1. The molecule has 0 aliphatic rings. The first-order valence-corrected chi connectivity index (χ1v) is 9.79. The fourth-order valence-corrected chi connectivity index (χ4v) is 3.50. The molecule has 0 aliphatic heterocycles. The lowest BCUT2D eigenvalue weighted by Gasteiger charge is -2.14. The number of H-pyrrole nitrogens is 1. The van der Waals surface area contributed by atoms with Gasteiger partial charge in [-0.1, -0.05) is 50.2 Å². The van der Waals surface area contributed by atoms with E-state index >= 15 is 0 Å². The first kappa shape index (κ1) is 18.9. The van der Waals surface area contributed by atoms with Crippen molar-refractivity contribution in [3.63, 3.8) is 0 Å². The average molecular weight is 385 g/mol. The van der Waals surface area contributed by atoms with Crippen LogP contribution in [0.4, 0.5) is 5.82 Å². The van der Waals surface area contributed by atoms with Crippen molar-refractivity contribution >= 4 is 33.5 Å². The predicted octanol–water partition coefficient (Wildman–Crippen LogP) is 4.65. The van der Waals surface area contributed by atoms with Crippen LogP contribution in [0.25, 0.3) is 21.8 Å². The molecule has 0 unspecified atom stereocenters. The van der Waals surface area contributed by atoms with Crippen LogP contribution in [-0.4, -0.2) is 15.9 Å². The molecule has 0 radical (unpaired) electrons. The monoisotopic (exact) mass is 385 g/mol. The quantitative estimate of drug-likeness (QED) is 0.491. The summed E-state index contributed by atoms with van der Waals surface area (Å²) >= 11 is 0. The lowest BCUT2D eigenvalue weighted by atomic mass is 10.1. The largest absolute Gasteiger partial charge is 0.353 e. The summed E-state index contributed by atoms with van der Waals surface area (Å²) in [5.74, 6) is 0.764. The molecule has 0 atom stereocenters. The van der Waals surface area contributed by atoms with E-state index in [2.05, 4.69) is 10.3 Å². The highest BCUT2D eigenvalue weighted by Gasteiger charge is 2.14. The van der Waals surface area contributed by atoms with E-state index in [4.69, 9.17) is 4.98 Å². The number of aromatic nitrogens is 2. The Morgan fingerprint density at radius 2 is 1.86 bits per heavy atom. The number of hydrogen-bond acceptors (Lipinski definition) is 3. The minimum absolute atomic E-state index is 0.0214. The van der Waals surface area contributed by atoms with Crippen molar-refractivity contribution < 1.29 is 4.79 Å². The molecule has 0 aliphatic carbocycles. The Labute approximate surface area is 168 Å². The van der Waals surface area contributed by atoms with Gasteiger partial charge in [-0.2, -0.15) is 0 Å². The van der Waals surface area contributed by atoms with Gasteiger partial charge in [-0.05, 0) is 41.1 Å². The van der Waals surface area contributed by atoms with Crippen LogP contribution in [0, 0.1) is 5.92 Å². The Bertz CT molecular complexity index is 1240. The molecule has 0 saturated carbocycles.